The summed E-state index contributed by atoms with van der Waals surface area (Å²) in [5.74, 6) is -0.460. The van der Waals surface area contributed by atoms with E-state index in [1.165, 1.54) is 38.1 Å². The zero-order valence-corrected chi connectivity index (χ0v) is 18.8. The smallest absolute Gasteiger partial charge is 0.255 e. The SMILES string of the molecule is COc1cc(C(=O)Nc2ccc(Sc3ccccn3)c(Cl)c2)cc(OC)c1OCC(N)=O. The summed E-state index contributed by atoms with van der Waals surface area (Å²) in [6.45, 7) is -0.361. The first kappa shape index (κ1) is 23.2. The molecular weight excluding hydrogens is 454 g/mol. The van der Waals surface area contributed by atoms with Crippen LogP contribution in [-0.4, -0.2) is 37.6 Å². The number of ether oxygens (including phenoxy) is 3. The van der Waals surface area contributed by atoms with Crippen LogP contribution in [0, 0.1) is 0 Å². The van der Waals surface area contributed by atoms with Crippen molar-refractivity contribution in [1.29, 1.82) is 0 Å². The summed E-state index contributed by atoms with van der Waals surface area (Å²) >= 11 is 7.81. The highest BCUT2D eigenvalue weighted by molar-refractivity contribution is 7.99. The van der Waals surface area contributed by atoms with Gasteiger partial charge in [0, 0.05) is 22.3 Å². The van der Waals surface area contributed by atoms with Crippen molar-refractivity contribution in [3.05, 3.63) is 65.3 Å². The average Bonchev–Trinajstić information content (AvgIpc) is 2.79. The lowest BCUT2D eigenvalue weighted by molar-refractivity contribution is -0.120. The Kier molecular flexibility index (Phi) is 7.80. The highest BCUT2D eigenvalue weighted by atomic mass is 35.5. The van der Waals surface area contributed by atoms with Crippen molar-refractivity contribution in [1.82, 2.24) is 4.98 Å². The van der Waals surface area contributed by atoms with Gasteiger partial charge in [0.05, 0.1) is 19.2 Å². The van der Waals surface area contributed by atoms with Gasteiger partial charge in [-0.1, -0.05) is 29.4 Å². The molecule has 10 heteroatoms. The number of benzene rings is 2. The van der Waals surface area contributed by atoms with Crippen LogP contribution in [0.25, 0.3) is 0 Å². The third-order valence-electron chi connectivity index (χ3n) is 4.12. The molecule has 1 aromatic heterocycles. The molecule has 0 aliphatic carbocycles. The van der Waals surface area contributed by atoms with Crippen molar-refractivity contribution in [3.63, 3.8) is 0 Å². The molecule has 2 amide bonds. The molecule has 166 valence electrons. The third-order valence-corrected chi connectivity index (χ3v) is 5.57. The Hall–Kier alpha value is -3.43. The predicted octanol–water partition coefficient (Wildman–Crippen LogP) is 4.02. The number of pyridine rings is 1. The van der Waals surface area contributed by atoms with E-state index in [4.69, 9.17) is 31.5 Å². The van der Waals surface area contributed by atoms with Crippen LogP contribution in [0.1, 0.15) is 10.4 Å². The van der Waals surface area contributed by atoms with Gasteiger partial charge in [-0.05, 0) is 42.5 Å². The largest absolute Gasteiger partial charge is 0.493 e. The zero-order valence-electron chi connectivity index (χ0n) is 17.3. The van der Waals surface area contributed by atoms with Gasteiger partial charge in [-0.15, -0.1) is 0 Å². The number of rotatable bonds is 9. The number of halogens is 1. The minimum atomic E-state index is -0.655. The molecule has 3 rings (SSSR count). The van der Waals surface area contributed by atoms with Gasteiger partial charge in [-0.3, -0.25) is 9.59 Å². The van der Waals surface area contributed by atoms with Crippen molar-refractivity contribution < 1.29 is 23.8 Å². The molecule has 0 bridgehead atoms. The number of primary amides is 1. The number of amides is 2. The molecule has 3 aromatic rings. The Morgan fingerprint density at radius 3 is 2.38 bits per heavy atom. The van der Waals surface area contributed by atoms with Gasteiger partial charge in [0.2, 0.25) is 5.75 Å². The van der Waals surface area contributed by atoms with Crippen LogP contribution < -0.4 is 25.3 Å². The molecule has 8 nitrogen and oxygen atoms in total. The highest BCUT2D eigenvalue weighted by Crippen LogP contribution is 2.39. The Morgan fingerprint density at radius 1 is 1.09 bits per heavy atom. The molecule has 32 heavy (non-hydrogen) atoms. The van der Waals surface area contributed by atoms with E-state index in [9.17, 15) is 9.59 Å². The molecule has 0 saturated heterocycles. The van der Waals surface area contributed by atoms with Crippen molar-refractivity contribution in [2.75, 3.05) is 26.1 Å². The monoisotopic (exact) mass is 473 g/mol. The maximum absolute atomic E-state index is 12.8. The van der Waals surface area contributed by atoms with Gasteiger partial charge in [0.1, 0.15) is 5.03 Å². The first-order valence-electron chi connectivity index (χ1n) is 9.28. The quantitative estimate of drug-likeness (QED) is 0.482. The van der Waals surface area contributed by atoms with Crippen molar-refractivity contribution in [2.24, 2.45) is 5.73 Å². The molecule has 0 aliphatic rings. The number of nitrogens with two attached hydrogens (primary N) is 1. The average molecular weight is 474 g/mol. The normalized spacial score (nSPS) is 10.3. The van der Waals surface area contributed by atoms with Crippen LogP contribution in [0.15, 0.2) is 64.6 Å². The Balaban J connectivity index is 1.79. The molecule has 0 spiro atoms. The number of nitrogens with one attached hydrogen (secondary N) is 1. The lowest BCUT2D eigenvalue weighted by atomic mass is 10.1. The van der Waals surface area contributed by atoms with E-state index in [0.29, 0.717) is 10.7 Å². The molecule has 0 atom stereocenters. The number of nitrogens with zero attached hydrogens (tertiary/aromatic N) is 1. The number of aromatic nitrogens is 1. The fraction of sp³-hybridized carbons (Fsp3) is 0.136. The second-order valence-corrected chi connectivity index (χ2v) is 7.80. The van der Waals surface area contributed by atoms with E-state index < -0.39 is 11.8 Å². The fourth-order valence-corrected chi connectivity index (χ4v) is 3.76. The summed E-state index contributed by atoms with van der Waals surface area (Å²) in [6.07, 6.45) is 1.71. The summed E-state index contributed by atoms with van der Waals surface area (Å²) in [7, 11) is 2.82. The topological polar surface area (TPSA) is 113 Å². The minimum absolute atomic E-state index is 0.171. The first-order valence-corrected chi connectivity index (χ1v) is 10.5. The summed E-state index contributed by atoms with van der Waals surface area (Å²) in [5.41, 5.74) is 5.90. The number of anilines is 1. The van der Waals surface area contributed by atoms with E-state index in [2.05, 4.69) is 10.3 Å². The number of carbonyl (C=O) groups is 2. The molecule has 3 N–H and O–H groups in total. The van der Waals surface area contributed by atoms with E-state index in [1.807, 2.05) is 18.2 Å². The second kappa shape index (κ2) is 10.7. The van der Waals surface area contributed by atoms with E-state index in [-0.39, 0.29) is 29.4 Å². The van der Waals surface area contributed by atoms with Crippen LogP contribution in [0.2, 0.25) is 5.02 Å². The lowest BCUT2D eigenvalue weighted by Gasteiger charge is -2.15. The van der Waals surface area contributed by atoms with Crippen LogP contribution in [-0.2, 0) is 4.79 Å². The van der Waals surface area contributed by atoms with E-state index in [1.54, 1.807) is 24.4 Å². The van der Waals surface area contributed by atoms with Crippen LogP contribution in [0.4, 0.5) is 5.69 Å². The minimum Gasteiger partial charge on any atom is -0.493 e. The predicted molar refractivity (Wildman–Crippen MR) is 122 cm³/mol. The third kappa shape index (κ3) is 5.83. The lowest BCUT2D eigenvalue weighted by Crippen LogP contribution is -2.20. The summed E-state index contributed by atoms with van der Waals surface area (Å²) in [5, 5.41) is 4.07. The molecule has 2 aromatic carbocycles. The molecular formula is C22H20ClN3O5S. The summed E-state index contributed by atoms with van der Waals surface area (Å²) in [6, 6.07) is 13.8. The van der Waals surface area contributed by atoms with Gasteiger partial charge < -0.3 is 25.3 Å². The molecule has 0 radical (unpaired) electrons. The molecule has 0 unspecified atom stereocenters. The maximum Gasteiger partial charge on any atom is 0.255 e. The fourth-order valence-electron chi connectivity index (χ4n) is 2.68. The van der Waals surface area contributed by atoms with Gasteiger partial charge in [-0.2, -0.15) is 0 Å². The van der Waals surface area contributed by atoms with Crippen molar-refractivity contribution in [3.8, 4) is 17.2 Å². The van der Waals surface area contributed by atoms with Crippen LogP contribution >= 0.6 is 23.4 Å². The Labute approximate surface area is 194 Å². The molecule has 0 aliphatic heterocycles. The van der Waals surface area contributed by atoms with Crippen molar-refractivity contribution in [2.45, 2.75) is 9.92 Å². The van der Waals surface area contributed by atoms with Gasteiger partial charge >= 0.3 is 0 Å². The summed E-state index contributed by atoms with van der Waals surface area (Å²) in [4.78, 5) is 28.9. The van der Waals surface area contributed by atoms with Gasteiger partial charge in [-0.25, -0.2) is 4.98 Å². The Bertz CT molecular complexity index is 1100. The maximum atomic E-state index is 12.8. The molecule has 0 saturated carbocycles. The second-order valence-electron chi connectivity index (χ2n) is 6.33. The highest BCUT2D eigenvalue weighted by Gasteiger charge is 2.19. The number of carbonyl (C=O) groups excluding carboxylic acids is 2. The zero-order chi connectivity index (χ0) is 23.1. The van der Waals surface area contributed by atoms with E-state index in [0.717, 1.165) is 9.92 Å². The summed E-state index contributed by atoms with van der Waals surface area (Å²) < 4.78 is 15.9. The number of hydrogen-bond acceptors (Lipinski definition) is 7. The van der Waals surface area contributed by atoms with Crippen LogP contribution in [0.5, 0.6) is 17.2 Å². The molecule has 0 fully saturated rings. The van der Waals surface area contributed by atoms with Gasteiger partial charge in [0.15, 0.2) is 18.1 Å². The first-order chi connectivity index (χ1) is 15.4. The van der Waals surface area contributed by atoms with Crippen molar-refractivity contribution >= 4 is 40.9 Å². The Morgan fingerprint density at radius 2 is 1.81 bits per heavy atom. The number of hydrogen-bond donors (Lipinski definition) is 2. The van der Waals surface area contributed by atoms with Gasteiger partial charge in [0.25, 0.3) is 11.8 Å². The molecule has 1 heterocycles. The standard InChI is InChI=1S/C22H20ClN3O5S/c1-29-16-9-13(10-17(30-2)21(16)31-12-19(24)27)22(28)26-14-6-7-18(15(23)11-14)32-20-5-3-4-8-25-20/h3-11H,12H2,1-2H3,(H2,24,27)(H,26,28). The number of methoxy groups -OCH3 is 2. The van der Waals surface area contributed by atoms with E-state index >= 15 is 0 Å². The van der Waals surface area contributed by atoms with Crippen LogP contribution in [0.3, 0.4) is 0 Å².